The summed E-state index contributed by atoms with van der Waals surface area (Å²) in [5, 5.41) is 7.89. The van der Waals surface area contributed by atoms with Crippen LogP contribution in [-0.4, -0.2) is 30.1 Å². The topological polar surface area (TPSA) is 55.8 Å². The lowest BCUT2D eigenvalue weighted by molar-refractivity contribution is -0.143. The minimum Gasteiger partial charge on any atom is -0.478 e. The van der Waals surface area contributed by atoms with Gasteiger partial charge in [0.1, 0.15) is 0 Å². The van der Waals surface area contributed by atoms with Crippen LogP contribution in [0.3, 0.4) is 0 Å². The SMILES string of the molecule is C=C(C)C(=O)O.CCC1(C)OCCO1. The molecule has 82 valence electrons. The predicted octanol–water partition coefficient (Wildman–Crippen LogP) is 1.81. The van der Waals surface area contributed by atoms with Crippen molar-refractivity contribution in [3.8, 4) is 0 Å². The summed E-state index contributed by atoms with van der Waals surface area (Å²) < 4.78 is 10.5. The zero-order valence-corrected chi connectivity index (χ0v) is 9.00. The van der Waals surface area contributed by atoms with Gasteiger partial charge < -0.3 is 14.6 Å². The van der Waals surface area contributed by atoms with Crippen molar-refractivity contribution in [1.82, 2.24) is 0 Å². The summed E-state index contributed by atoms with van der Waals surface area (Å²) in [7, 11) is 0. The van der Waals surface area contributed by atoms with Crippen molar-refractivity contribution in [2.45, 2.75) is 33.0 Å². The van der Waals surface area contributed by atoms with Crippen molar-refractivity contribution in [1.29, 1.82) is 0 Å². The molecule has 0 aliphatic carbocycles. The number of hydrogen-bond donors (Lipinski definition) is 1. The number of carbonyl (C=O) groups is 1. The third-order valence-electron chi connectivity index (χ3n) is 1.91. The monoisotopic (exact) mass is 202 g/mol. The molecule has 1 rings (SSSR count). The van der Waals surface area contributed by atoms with Gasteiger partial charge in [-0.15, -0.1) is 0 Å². The van der Waals surface area contributed by atoms with Crippen molar-refractivity contribution in [3.05, 3.63) is 12.2 Å². The van der Waals surface area contributed by atoms with E-state index in [2.05, 4.69) is 13.5 Å². The van der Waals surface area contributed by atoms with Crippen LogP contribution >= 0.6 is 0 Å². The van der Waals surface area contributed by atoms with E-state index in [0.29, 0.717) is 0 Å². The van der Waals surface area contributed by atoms with E-state index in [4.69, 9.17) is 14.6 Å². The first-order valence-corrected chi connectivity index (χ1v) is 4.58. The van der Waals surface area contributed by atoms with E-state index in [0.717, 1.165) is 19.6 Å². The summed E-state index contributed by atoms with van der Waals surface area (Å²) in [5.41, 5.74) is 0.176. The first kappa shape index (κ1) is 13.1. The summed E-state index contributed by atoms with van der Waals surface area (Å²) in [6, 6.07) is 0. The van der Waals surface area contributed by atoms with Gasteiger partial charge in [0, 0.05) is 5.57 Å². The highest BCUT2D eigenvalue weighted by molar-refractivity contribution is 5.84. The molecule has 1 fully saturated rings. The third kappa shape index (κ3) is 4.99. The van der Waals surface area contributed by atoms with Crippen LogP contribution in [0.25, 0.3) is 0 Å². The molecule has 0 unspecified atom stereocenters. The molecule has 1 N–H and O–H groups in total. The van der Waals surface area contributed by atoms with Gasteiger partial charge in [0.2, 0.25) is 0 Å². The fourth-order valence-corrected chi connectivity index (χ4v) is 0.761. The molecular weight excluding hydrogens is 184 g/mol. The fraction of sp³-hybridized carbons (Fsp3) is 0.700. The van der Waals surface area contributed by atoms with E-state index in [-0.39, 0.29) is 11.4 Å². The van der Waals surface area contributed by atoms with Gasteiger partial charge >= 0.3 is 5.97 Å². The Kier molecular flexibility index (Phi) is 5.42. The summed E-state index contributed by atoms with van der Waals surface area (Å²) in [5.74, 6) is -1.20. The van der Waals surface area contributed by atoms with Crippen molar-refractivity contribution in [2.24, 2.45) is 0 Å². The summed E-state index contributed by atoms with van der Waals surface area (Å²) in [6.45, 7) is 10.1. The Morgan fingerprint density at radius 3 is 2.00 bits per heavy atom. The molecule has 1 heterocycles. The Labute approximate surface area is 84.5 Å². The standard InChI is InChI=1S/C6H12O2.C4H6O2/c1-3-6(2)7-4-5-8-6;1-3(2)4(5)6/h3-5H2,1-2H3;1H2,2H3,(H,5,6). The summed E-state index contributed by atoms with van der Waals surface area (Å²) in [4.78, 5) is 9.60. The molecule has 1 saturated heterocycles. The number of hydrogen-bond acceptors (Lipinski definition) is 3. The fourth-order valence-electron chi connectivity index (χ4n) is 0.761. The van der Waals surface area contributed by atoms with E-state index in [1.54, 1.807) is 0 Å². The van der Waals surface area contributed by atoms with E-state index < -0.39 is 5.97 Å². The van der Waals surface area contributed by atoms with Crippen LogP contribution < -0.4 is 0 Å². The second-order valence-corrected chi connectivity index (χ2v) is 3.27. The molecule has 0 saturated carbocycles. The van der Waals surface area contributed by atoms with Crippen molar-refractivity contribution >= 4 is 5.97 Å². The Morgan fingerprint density at radius 2 is 1.86 bits per heavy atom. The van der Waals surface area contributed by atoms with Crippen molar-refractivity contribution in [2.75, 3.05) is 13.2 Å². The Hall–Kier alpha value is -0.870. The van der Waals surface area contributed by atoms with E-state index in [1.165, 1.54) is 6.92 Å². The number of ether oxygens (including phenoxy) is 2. The molecule has 0 aromatic rings. The van der Waals surface area contributed by atoms with Crippen LogP contribution in [0, 0.1) is 0 Å². The lowest BCUT2D eigenvalue weighted by Crippen LogP contribution is -2.23. The van der Waals surface area contributed by atoms with Gasteiger partial charge in [0.25, 0.3) is 0 Å². The zero-order chi connectivity index (χ0) is 11.2. The maximum atomic E-state index is 9.60. The molecule has 0 bridgehead atoms. The van der Waals surface area contributed by atoms with Gasteiger partial charge in [0.05, 0.1) is 13.2 Å². The minimum absolute atomic E-state index is 0.176. The Balaban J connectivity index is 0.000000255. The van der Waals surface area contributed by atoms with Gasteiger partial charge in [-0.25, -0.2) is 4.79 Å². The lowest BCUT2D eigenvalue weighted by atomic mass is 10.2. The highest BCUT2D eigenvalue weighted by atomic mass is 16.7. The lowest BCUT2D eigenvalue weighted by Gasteiger charge is -2.18. The minimum atomic E-state index is -0.935. The summed E-state index contributed by atoms with van der Waals surface area (Å²) in [6.07, 6.45) is 0.938. The molecule has 0 radical (unpaired) electrons. The smallest absolute Gasteiger partial charge is 0.330 e. The largest absolute Gasteiger partial charge is 0.478 e. The second kappa shape index (κ2) is 5.78. The Bertz CT molecular complexity index is 192. The quantitative estimate of drug-likeness (QED) is 0.694. The molecule has 0 spiro atoms. The van der Waals surface area contributed by atoms with Crippen LogP contribution in [0.2, 0.25) is 0 Å². The molecule has 0 aromatic carbocycles. The van der Waals surface area contributed by atoms with Crippen molar-refractivity contribution in [3.63, 3.8) is 0 Å². The maximum Gasteiger partial charge on any atom is 0.330 e. The van der Waals surface area contributed by atoms with E-state index >= 15 is 0 Å². The van der Waals surface area contributed by atoms with Gasteiger partial charge in [-0.05, 0) is 20.3 Å². The number of aliphatic carboxylic acids is 1. The van der Waals surface area contributed by atoms with Gasteiger partial charge in [-0.1, -0.05) is 13.5 Å². The average molecular weight is 202 g/mol. The molecule has 0 atom stereocenters. The first-order chi connectivity index (χ1) is 6.41. The van der Waals surface area contributed by atoms with Crippen LogP contribution in [0.1, 0.15) is 27.2 Å². The highest BCUT2D eigenvalue weighted by Gasteiger charge is 2.27. The second-order valence-electron chi connectivity index (χ2n) is 3.27. The zero-order valence-electron chi connectivity index (χ0n) is 9.00. The average Bonchev–Trinajstić information content (AvgIpc) is 2.54. The van der Waals surface area contributed by atoms with Crippen LogP contribution in [-0.2, 0) is 14.3 Å². The molecule has 4 nitrogen and oxygen atoms in total. The summed E-state index contributed by atoms with van der Waals surface area (Å²) >= 11 is 0. The molecule has 1 aliphatic heterocycles. The Morgan fingerprint density at radius 1 is 1.50 bits per heavy atom. The number of carboxylic acid groups (broad SMARTS) is 1. The first-order valence-electron chi connectivity index (χ1n) is 4.58. The number of rotatable bonds is 2. The molecule has 4 heteroatoms. The van der Waals surface area contributed by atoms with Crippen molar-refractivity contribution < 1.29 is 19.4 Å². The molecule has 14 heavy (non-hydrogen) atoms. The number of carboxylic acids is 1. The molecule has 1 aliphatic rings. The maximum absolute atomic E-state index is 9.60. The molecule has 0 amide bonds. The van der Waals surface area contributed by atoms with Gasteiger partial charge in [0.15, 0.2) is 5.79 Å². The van der Waals surface area contributed by atoms with Gasteiger partial charge in [-0.3, -0.25) is 0 Å². The normalized spacial score (nSPS) is 18.2. The highest BCUT2D eigenvalue weighted by Crippen LogP contribution is 2.21. The van der Waals surface area contributed by atoms with Crippen LogP contribution in [0.15, 0.2) is 12.2 Å². The van der Waals surface area contributed by atoms with E-state index in [9.17, 15) is 4.79 Å². The predicted molar refractivity (Wildman–Crippen MR) is 53.0 cm³/mol. The van der Waals surface area contributed by atoms with E-state index in [1.807, 2.05) is 6.92 Å². The third-order valence-corrected chi connectivity index (χ3v) is 1.91. The van der Waals surface area contributed by atoms with Crippen LogP contribution in [0.5, 0.6) is 0 Å². The molecule has 0 aromatic heterocycles. The van der Waals surface area contributed by atoms with Gasteiger partial charge in [-0.2, -0.15) is 0 Å². The molecular formula is C10H18O4. The van der Waals surface area contributed by atoms with Crippen LogP contribution in [0.4, 0.5) is 0 Å².